The highest BCUT2D eigenvalue weighted by atomic mass is 16.5. The predicted octanol–water partition coefficient (Wildman–Crippen LogP) is 7.30. The number of ether oxygens (including phenoxy) is 1. The maximum Gasteiger partial charge on any atom is 0.255 e. The van der Waals surface area contributed by atoms with E-state index in [-0.39, 0.29) is 5.91 Å². The van der Waals surface area contributed by atoms with E-state index in [0.717, 1.165) is 33.9 Å². The Bertz CT molecular complexity index is 1330. The molecule has 0 aliphatic rings. The first kappa shape index (κ1) is 21.8. The van der Waals surface area contributed by atoms with Crippen LogP contribution in [0.25, 0.3) is 22.4 Å². The number of aromatic amines is 1. The zero-order chi connectivity index (χ0) is 23.0. The number of hydrogen-bond donors (Lipinski definition) is 2. The van der Waals surface area contributed by atoms with Gasteiger partial charge in [0, 0.05) is 16.8 Å². The fourth-order valence-corrected chi connectivity index (χ4v) is 3.32. The number of nitrogens with zero attached hydrogens (tertiary/aromatic N) is 1. The van der Waals surface area contributed by atoms with E-state index in [1.54, 1.807) is 12.1 Å². The lowest BCUT2D eigenvalue weighted by molar-refractivity contribution is 0.102. The van der Waals surface area contributed by atoms with Gasteiger partial charge in [-0.15, -0.1) is 0 Å². The molecule has 5 aromatic rings. The summed E-state index contributed by atoms with van der Waals surface area (Å²) in [6.07, 6.45) is 0. The second-order valence-electron chi connectivity index (χ2n) is 7.08. The minimum Gasteiger partial charge on any atom is -0.457 e. The molecule has 0 atom stereocenters. The van der Waals surface area contributed by atoms with Gasteiger partial charge in [-0.25, -0.2) is 4.98 Å². The molecule has 1 amide bonds. The number of amides is 1. The zero-order valence-electron chi connectivity index (χ0n) is 18.6. The van der Waals surface area contributed by atoms with Crippen molar-refractivity contribution in [1.29, 1.82) is 0 Å². The van der Waals surface area contributed by atoms with Crippen molar-refractivity contribution in [3.8, 4) is 22.9 Å². The number of hydrogen-bond acceptors (Lipinski definition) is 3. The molecule has 0 radical (unpaired) electrons. The molecule has 0 bridgehead atoms. The van der Waals surface area contributed by atoms with Crippen molar-refractivity contribution in [2.75, 3.05) is 5.32 Å². The number of carbonyl (C=O) groups excluding carboxylic acids is 1. The molecule has 2 N–H and O–H groups in total. The van der Waals surface area contributed by atoms with Crippen molar-refractivity contribution in [2.45, 2.75) is 13.8 Å². The van der Waals surface area contributed by atoms with Gasteiger partial charge >= 0.3 is 0 Å². The Balaban J connectivity index is 0.00000126. The number of imidazole rings is 1. The molecule has 33 heavy (non-hydrogen) atoms. The summed E-state index contributed by atoms with van der Waals surface area (Å²) in [5.41, 5.74) is 3.96. The normalized spacial score (nSPS) is 10.2. The smallest absolute Gasteiger partial charge is 0.255 e. The molecular weight excluding hydrogens is 410 g/mol. The summed E-state index contributed by atoms with van der Waals surface area (Å²) in [4.78, 5) is 20.4. The zero-order valence-corrected chi connectivity index (χ0v) is 18.6. The number of H-pyrrole nitrogens is 1. The van der Waals surface area contributed by atoms with Gasteiger partial charge in [-0.05, 0) is 66.7 Å². The molecule has 1 heterocycles. The highest BCUT2D eigenvalue weighted by Crippen LogP contribution is 2.27. The van der Waals surface area contributed by atoms with Gasteiger partial charge in [-0.3, -0.25) is 4.79 Å². The summed E-state index contributed by atoms with van der Waals surface area (Å²) < 4.78 is 5.85. The SMILES string of the molecule is CC.O=C(Nc1ccc2nc(-c3ccc(Oc4ccccc4)cc3)[nH]c2c1)c1ccccc1. The van der Waals surface area contributed by atoms with Gasteiger partial charge in [0.25, 0.3) is 5.91 Å². The molecule has 4 aromatic carbocycles. The summed E-state index contributed by atoms with van der Waals surface area (Å²) in [5, 5.41) is 2.93. The number of carbonyl (C=O) groups is 1. The third kappa shape index (κ3) is 5.28. The van der Waals surface area contributed by atoms with Crippen LogP contribution in [-0.4, -0.2) is 15.9 Å². The number of benzene rings is 4. The van der Waals surface area contributed by atoms with Gasteiger partial charge in [-0.1, -0.05) is 50.2 Å². The lowest BCUT2D eigenvalue weighted by Crippen LogP contribution is -2.11. The number of rotatable bonds is 5. The Morgan fingerprint density at radius 1 is 0.788 bits per heavy atom. The Labute approximate surface area is 193 Å². The van der Waals surface area contributed by atoms with Crippen molar-refractivity contribution in [3.63, 3.8) is 0 Å². The molecule has 0 unspecified atom stereocenters. The monoisotopic (exact) mass is 435 g/mol. The fraction of sp³-hybridized carbons (Fsp3) is 0.0714. The molecule has 0 aliphatic carbocycles. The van der Waals surface area contributed by atoms with E-state index in [1.165, 1.54) is 0 Å². The van der Waals surface area contributed by atoms with E-state index >= 15 is 0 Å². The van der Waals surface area contributed by atoms with Crippen molar-refractivity contribution < 1.29 is 9.53 Å². The number of para-hydroxylation sites is 1. The third-order valence-corrected chi connectivity index (χ3v) is 4.88. The summed E-state index contributed by atoms with van der Waals surface area (Å²) in [6, 6.07) is 32.2. The molecule has 0 fully saturated rings. The van der Waals surface area contributed by atoms with Gasteiger partial charge in [-0.2, -0.15) is 0 Å². The molecule has 0 spiro atoms. The molecular formula is C28H25N3O2. The second kappa shape index (κ2) is 10.3. The third-order valence-electron chi connectivity index (χ3n) is 4.88. The van der Waals surface area contributed by atoms with Gasteiger partial charge in [0.2, 0.25) is 0 Å². The topological polar surface area (TPSA) is 67.0 Å². The van der Waals surface area contributed by atoms with Crippen LogP contribution < -0.4 is 10.1 Å². The summed E-state index contributed by atoms with van der Waals surface area (Å²) in [6.45, 7) is 4.00. The number of fused-ring (bicyclic) bond motifs is 1. The fourth-order valence-electron chi connectivity index (χ4n) is 3.32. The van der Waals surface area contributed by atoms with Gasteiger partial charge in [0.15, 0.2) is 0 Å². The van der Waals surface area contributed by atoms with Crippen LogP contribution in [0.2, 0.25) is 0 Å². The molecule has 5 heteroatoms. The van der Waals surface area contributed by atoms with E-state index in [1.807, 2.05) is 105 Å². The highest BCUT2D eigenvalue weighted by Gasteiger charge is 2.09. The van der Waals surface area contributed by atoms with Crippen LogP contribution in [-0.2, 0) is 0 Å². The molecule has 0 saturated heterocycles. The maximum atomic E-state index is 12.4. The average Bonchev–Trinajstić information content (AvgIpc) is 3.30. The van der Waals surface area contributed by atoms with Crippen LogP contribution >= 0.6 is 0 Å². The van der Waals surface area contributed by atoms with Crippen molar-refractivity contribution in [3.05, 3.63) is 109 Å². The Morgan fingerprint density at radius 2 is 1.42 bits per heavy atom. The van der Waals surface area contributed by atoms with Gasteiger partial charge < -0.3 is 15.0 Å². The first-order valence-corrected chi connectivity index (χ1v) is 10.9. The molecule has 5 rings (SSSR count). The van der Waals surface area contributed by atoms with E-state index < -0.39 is 0 Å². The lowest BCUT2D eigenvalue weighted by atomic mass is 10.2. The van der Waals surface area contributed by atoms with Crippen LogP contribution in [0.5, 0.6) is 11.5 Å². The van der Waals surface area contributed by atoms with E-state index in [2.05, 4.69) is 15.3 Å². The minimum absolute atomic E-state index is 0.145. The number of nitrogens with one attached hydrogen (secondary N) is 2. The van der Waals surface area contributed by atoms with Crippen molar-refractivity contribution in [1.82, 2.24) is 9.97 Å². The van der Waals surface area contributed by atoms with E-state index in [0.29, 0.717) is 11.3 Å². The van der Waals surface area contributed by atoms with E-state index in [4.69, 9.17) is 4.74 Å². The summed E-state index contributed by atoms with van der Waals surface area (Å²) in [7, 11) is 0. The molecule has 5 nitrogen and oxygen atoms in total. The quantitative estimate of drug-likeness (QED) is 0.304. The Kier molecular flexibility index (Phi) is 6.81. The Morgan fingerprint density at radius 3 is 2.12 bits per heavy atom. The summed E-state index contributed by atoms with van der Waals surface area (Å²) in [5.74, 6) is 2.17. The van der Waals surface area contributed by atoms with Crippen LogP contribution in [0.3, 0.4) is 0 Å². The first-order chi connectivity index (χ1) is 16.2. The number of anilines is 1. The molecule has 0 aliphatic heterocycles. The highest BCUT2D eigenvalue weighted by molar-refractivity contribution is 6.05. The van der Waals surface area contributed by atoms with Gasteiger partial charge in [0.1, 0.15) is 17.3 Å². The van der Waals surface area contributed by atoms with Crippen LogP contribution in [0.4, 0.5) is 5.69 Å². The minimum atomic E-state index is -0.145. The first-order valence-electron chi connectivity index (χ1n) is 10.9. The van der Waals surface area contributed by atoms with Crippen molar-refractivity contribution in [2.24, 2.45) is 0 Å². The lowest BCUT2D eigenvalue weighted by Gasteiger charge is -2.05. The number of aromatic nitrogens is 2. The largest absolute Gasteiger partial charge is 0.457 e. The van der Waals surface area contributed by atoms with Crippen LogP contribution in [0.15, 0.2) is 103 Å². The summed E-state index contributed by atoms with van der Waals surface area (Å²) >= 11 is 0. The predicted molar refractivity (Wildman–Crippen MR) is 134 cm³/mol. The average molecular weight is 436 g/mol. The van der Waals surface area contributed by atoms with Gasteiger partial charge in [0.05, 0.1) is 11.0 Å². The maximum absolute atomic E-state index is 12.4. The standard InChI is InChI=1S/C26H19N3O2.C2H6/c30-26(19-7-3-1-4-8-19)27-20-13-16-23-24(17-20)29-25(28-23)18-11-14-22(15-12-18)31-21-9-5-2-6-10-21;1-2/h1-17H,(H,27,30)(H,28,29);1-2H3. The van der Waals surface area contributed by atoms with E-state index in [9.17, 15) is 4.79 Å². The molecule has 0 saturated carbocycles. The Hall–Kier alpha value is -4.38. The molecule has 1 aromatic heterocycles. The van der Waals surface area contributed by atoms with Crippen LogP contribution in [0, 0.1) is 0 Å². The van der Waals surface area contributed by atoms with Crippen LogP contribution in [0.1, 0.15) is 24.2 Å². The van der Waals surface area contributed by atoms with Crippen molar-refractivity contribution >= 4 is 22.6 Å². The second-order valence-corrected chi connectivity index (χ2v) is 7.08. The molecule has 164 valence electrons.